The Morgan fingerprint density at radius 2 is 1.74 bits per heavy atom. The third kappa shape index (κ3) is 7.84. The average Bonchev–Trinajstić information content (AvgIpc) is 2.34. The van der Waals surface area contributed by atoms with E-state index in [2.05, 4.69) is 5.32 Å². The fraction of sp³-hybridized carbons (Fsp3) is 0.917. The number of alkyl halides is 3. The summed E-state index contributed by atoms with van der Waals surface area (Å²) in [5, 5.41) is 2.62. The minimum atomic E-state index is -4.61. The third-order valence-electron chi connectivity index (χ3n) is 2.97. The highest BCUT2D eigenvalue weighted by Gasteiger charge is 2.34. The van der Waals surface area contributed by atoms with E-state index in [1.807, 2.05) is 0 Å². The Morgan fingerprint density at radius 1 is 1.22 bits per heavy atom. The first-order valence-electron chi connectivity index (χ1n) is 7.09. The number of nitrogens with zero attached hydrogens (tertiary/aromatic N) is 1. The van der Waals surface area contributed by atoms with E-state index in [1.165, 1.54) is 4.72 Å². The molecule has 0 bridgehead atoms. The highest BCUT2D eigenvalue weighted by atomic mass is 32.2. The number of nitrogens with one attached hydrogen (secondary N) is 2. The number of carbonyl (C=O) groups excluding carboxylic acids is 1. The molecule has 0 spiro atoms. The van der Waals surface area contributed by atoms with Crippen LogP contribution in [0.2, 0.25) is 0 Å². The number of halogens is 3. The van der Waals surface area contributed by atoms with Crippen LogP contribution in [0.1, 0.15) is 33.6 Å². The molecule has 1 fully saturated rings. The Hall–Kier alpha value is -1.07. The van der Waals surface area contributed by atoms with Crippen molar-refractivity contribution in [3.63, 3.8) is 0 Å². The van der Waals surface area contributed by atoms with E-state index in [-0.39, 0.29) is 19.1 Å². The number of piperidine rings is 1. The number of amides is 1. The molecular formula is C12H22F3N3O4S. The highest BCUT2D eigenvalue weighted by Crippen LogP contribution is 2.17. The lowest BCUT2D eigenvalue weighted by atomic mass is 10.1. The summed E-state index contributed by atoms with van der Waals surface area (Å²) in [6.45, 7) is 3.59. The molecule has 1 heterocycles. The Bertz CT molecular complexity index is 509. The Kier molecular flexibility index (Phi) is 6.27. The zero-order chi connectivity index (χ0) is 17.9. The summed E-state index contributed by atoms with van der Waals surface area (Å²) in [6.07, 6.45) is -4.61. The topological polar surface area (TPSA) is 87.7 Å². The number of hydrogen-bond acceptors (Lipinski definition) is 4. The van der Waals surface area contributed by atoms with E-state index in [0.29, 0.717) is 12.8 Å². The van der Waals surface area contributed by atoms with Crippen LogP contribution in [-0.2, 0) is 14.9 Å². The van der Waals surface area contributed by atoms with Gasteiger partial charge in [-0.15, -0.1) is 0 Å². The summed E-state index contributed by atoms with van der Waals surface area (Å²) < 4.78 is 67.3. The number of carbonyl (C=O) groups is 1. The maximum Gasteiger partial charge on any atom is 0.407 e. The molecule has 7 nitrogen and oxygen atoms in total. The van der Waals surface area contributed by atoms with Crippen LogP contribution >= 0.6 is 0 Å². The molecule has 0 aromatic heterocycles. The third-order valence-corrected chi connectivity index (χ3v) is 4.52. The van der Waals surface area contributed by atoms with Crippen molar-refractivity contribution in [2.45, 2.75) is 51.4 Å². The fourth-order valence-corrected chi connectivity index (χ4v) is 3.20. The zero-order valence-corrected chi connectivity index (χ0v) is 14.1. The molecule has 1 aliphatic heterocycles. The van der Waals surface area contributed by atoms with Gasteiger partial charge in [-0.05, 0) is 33.6 Å². The second-order valence-corrected chi connectivity index (χ2v) is 8.02. The molecule has 0 radical (unpaired) electrons. The molecule has 1 aliphatic rings. The first-order chi connectivity index (χ1) is 10.3. The van der Waals surface area contributed by atoms with Gasteiger partial charge in [-0.2, -0.15) is 30.6 Å². The molecule has 0 saturated carbocycles. The van der Waals surface area contributed by atoms with Gasteiger partial charge in [0.05, 0.1) is 0 Å². The van der Waals surface area contributed by atoms with Crippen LogP contribution in [0.5, 0.6) is 0 Å². The van der Waals surface area contributed by atoms with Gasteiger partial charge >= 0.3 is 12.3 Å². The van der Waals surface area contributed by atoms with Crippen LogP contribution < -0.4 is 10.0 Å². The number of ether oxygens (including phenoxy) is 1. The van der Waals surface area contributed by atoms with Crippen LogP contribution in [0, 0.1) is 0 Å². The number of hydrogen-bond donors (Lipinski definition) is 2. The van der Waals surface area contributed by atoms with Gasteiger partial charge in [-0.25, -0.2) is 4.79 Å². The fourth-order valence-electron chi connectivity index (χ4n) is 1.98. The Balaban J connectivity index is 2.44. The van der Waals surface area contributed by atoms with Gasteiger partial charge in [0, 0.05) is 19.1 Å². The Labute approximate surface area is 133 Å². The summed E-state index contributed by atoms with van der Waals surface area (Å²) in [5.74, 6) is 0. The van der Waals surface area contributed by atoms with E-state index in [1.54, 1.807) is 20.8 Å². The summed E-state index contributed by atoms with van der Waals surface area (Å²) in [7, 11) is -4.18. The first-order valence-corrected chi connectivity index (χ1v) is 8.53. The van der Waals surface area contributed by atoms with Crippen molar-refractivity contribution in [2.24, 2.45) is 0 Å². The molecule has 1 amide bonds. The van der Waals surface area contributed by atoms with E-state index in [9.17, 15) is 26.4 Å². The SMILES string of the molecule is CC(C)(C)OC(=O)NC1CCN(S(=O)(=O)NCC(F)(F)F)CC1. The van der Waals surface area contributed by atoms with Gasteiger partial charge in [0.2, 0.25) is 0 Å². The van der Waals surface area contributed by atoms with Crippen molar-refractivity contribution in [1.82, 2.24) is 14.3 Å². The predicted molar refractivity (Wildman–Crippen MR) is 76.9 cm³/mol. The van der Waals surface area contributed by atoms with E-state index in [0.717, 1.165) is 4.31 Å². The van der Waals surface area contributed by atoms with Crippen LogP contribution in [0.3, 0.4) is 0 Å². The van der Waals surface area contributed by atoms with Gasteiger partial charge in [-0.3, -0.25) is 0 Å². The first kappa shape index (κ1) is 20.0. The van der Waals surface area contributed by atoms with Crippen LogP contribution in [0.25, 0.3) is 0 Å². The maximum absolute atomic E-state index is 12.1. The smallest absolute Gasteiger partial charge is 0.407 e. The Morgan fingerprint density at radius 3 is 2.17 bits per heavy atom. The molecule has 23 heavy (non-hydrogen) atoms. The van der Waals surface area contributed by atoms with Gasteiger partial charge in [-0.1, -0.05) is 0 Å². The maximum atomic E-state index is 12.1. The van der Waals surface area contributed by atoms with Gasteiger partial charge in [0.1, 0.15) is 12.1 Å². The standard InChI is InChI=1S/C12H22F3N3O4S/c1-11(2,3)22-10(19)17-9-4-6-18(7-5-9)23(20,21)16-8-12(13,14)15/h9,16H,4-8H2,1-3H3,(H,17,19). The van der Waals surface area contributed by atoms with Crippen molar-refractivity contribution in [2.75, 3.05) is 19.6 Å². The zero-order valence-electron chi connectivity index (χ0n) is 13.2. The molecule has 11 heteroatoms. The molecule has 2 N–H and O–H groups in total. The van der Waals surface area contributed by atoms with Crippen LogP contribution in [0.15, 0.2) is 0 Å². The normalized spacial score (nSPS) is 18.7. The lowest BCUT2D eigenvalue weighted by Gasteiger charge is -2.32. The van der Waals surface area contributed by atoms with E-state index >= 15 is 0 Å². The monoisotopic (exact) mass is 361 g/mol. The van der Waals surface area contributed by atoms with E-state index in [4.69, 9.17) is 4.74 Å². The van der Waals surface area contributed by atoms with Gasteiger partial charge in [0.15, 0.2) is 0 Å². The summed E-state index contributed by atoms with van der Waals surface area (Å²) in [4.78, 5) is 11.6. The van der Waals surface area contributed by atoms with Gasteiger partial charge in [0.25, 0.3) is 10.2 Å². The summed E-state index contributed by atoms with van der Waals surface area (Å²) >= 11 is 0. The second kappa shape index (κ2) is 7.22. The number of alkyl carbamates (subject to hydrolysis) is 1. The lowest BCUT2D eigenvalue weighted by molar-refractivity contribution is -0.121. The minimum absolute atomic E-state index is 0.0215. The lowest BCUT2D eigenvalue weighted by Crippen LogP contribution is -2.51. The average molecular weight is 361 g/mol. The second-order valence-electron chi connectivity index (χ2n) is 6.26. The van der Waals surface area contributed by atoms with Crippen molar-refractivity contribution < 1.29 is 31.1 Å². The van der Waals surface area contributed by atoms with Crippen molar-refractivity contribution in [3.8, 4) is 0 Å². The molecule has 1 rings (SSSR count). The molecule has 136 valence electrons. The quantitative estimate of drug-likeness (QED) is 0.792. The van der Waals surface area contributed by atoms with Crippen molar-refractivity contribution in [3.05, 3.63) is 0 Å². The van der Waals surface area contributed by atoms with Gasteiger partial charge < -0.3 is 10.1 Å². The molecule has 0 unspecified atom stereocenters. The molecule has 0 atom stereocenters. The highest BCUT2D eigenvalue weighted by molar-refractivity contribution is 7.87. The molecular weight excluding hydrogens is 339 g/mol. The predicted octanol–water partition coefficient (Wildman–Crippen LogP) is 1.37. The van der Waals surface area contributed by atoms with Crippen LogP contribution in [0.4, 0.5) is 18.0 Å². The van der Waals surface area contributed by atoms with Crippen molar-refractivity contribution >= 4 is 16.3 Å². The van der Waals surface area contributed by atoms with E-state index < -0.39 is 34.6 Å². The van der Waals surface area contributed by atoms with Crippen molar-refractivity contribution in [1.29, 1.82) is 0 Å². The van der Waals surface area contributed by atoms with Crippen LogP contribution in [-0.4, -0.2) is 56.3 Å². The summed E-state index contributed by atoms with van der Waals surface area (Å²) in [6, 6.07) is -0.279. The molecule has 0 aliphatic carbocycles. The minimum Gasteiger partial charge on any atom is -0.444 e. The molecule has 0 aromatic carbocycles. The molecule has 1 saturated heterocycles. The molecule has 0 aromatic rings. The largest absolute Gasteiger partial charge is 0.444 e. The number of rotatable bonds is 4. The summed E-state index contributed by atoms with van der Waals surface area (Å²) in [5.41, 5.74) is -0.643.